The molecule has 0 saturated carbocycles. The zero-order chi connectivity index (χ0) is 15.8. The third kappa shape index (κ3) is 5.68. The van der Waals surface area contributed by atoms with Crippen molar-refractivity contribution >= 4 is 11.6 Å². The highest BCUT2D eigenvalue weighted by atomic mass is 16.5. The van der Waals surface area contributed by atoms with Gasteiger partial charge in [0.05, 0.1) is 0 Å². The average Bonchev–Trinajstić information content (AvgIpc) is 3.03. The van der Waals surface area contributed by atoms with Crippen LogP contribution in [0.2, 0.25) is 0 Å². The second kappa shape index (κ2) is 8.79. The summed E-state index contributed by atoms with van der Waals surface area (Å²) in [6.07, 6.45) is 4.75. The molecule has 1 aromatic rings. The fourth-order valence-corrected chi connectivity index (χ4v) is 2.74. The van der Waals surface area contributed by atoms with E-state index in [-0.39, 0.29) is 5.91 Å². The van der Waals surface area contributed by atoms with Crippen LogP contribution in [0, 0.1) is 5.92 Å². The molecule has 1 N–H and O–H groups in total. The van der Waals surface area contributed by atoms with Crippen LogP contribution in [0.3, 0.4) is 0 Å². The van der Waals surface area contributed by atoms with Gasteiger partial charge in [0.2, 0.25) is 5.91 Å². The Morgan fingerprint density at radius 1 is 1.32 bits per heavy atom. The fourth-order valence-electron chi connectivity index (χ4n) is 2.74. The van der Waals surface area contributed by atoms with Crippen molar-refractivity contribution < 1.29 is 9.53 Å². The minimum Gasteiger partial charge on any atom is -0.381 e. The molecule has 0 aliphatic carbocycles. The van der Waals surface area contributed by atoms with Crippen molar-refractivity contribution in [2.24, 2.45) is 5.92 Å². The maximum Gasteiger partial charge on any atom is 0.220 e. The van der Waals surface area contributed by atoms with Crippen molar-refractivity contribution in [3.05, 3.63) is 29.8 Å². The first-order valence-corrected chi connectivity index (χ1v) is 8.26. The zero-order valence-electron chi connectivity index (χ0n) is 13.8. The molecule has 2 rings (SSSR count). The summed E-state index contributed by atoms with van der Waals surface area (Å²) in [5.74, 6) is 0.853. The highest BCUT2D eigenvalue weighted by Gasteiger charge is 2.14. The van der Waals surface area contributed by atoms with Crippen LogP contribution >= 0.6 is 0 Å². The SMILES string of the molecule is CN(C)c1ccc(CCC(=O)NCCC[C@@H]2CCOC2)cc1. The topological polar surface area (TPSA) is 41.6 Å². The summed E-state index contributed by atoms with van der Waals surface area (Å²) in [5, 5.41) is 3.02. The first-order chi connectivity index (χ1) is 10.6. The van der Waals surface area contributed by atoms with Gasteiger partial charge in [-0.15, -0.1) is 0 Å². The Kier molecular flexibility index (Phi) is 6.72. The molecule has 0 bridgehead atoms. The molecule has 1 heterocycles. The van der Waals surface area contributed by atoms with Gasteiger partial charge >= 0.3 is 0 Å². The predicted molar refractivity (Wildman–Crippen MR) is 90.3 cm³/mol. The lowest BCUT2D eigenvalue weighted by Gasteiger charge is -2.12. The molecular formula is C18H28N2O2. The first-order valence-electron chi connectivity index (χ1n) is 8.26. The minimum absolute atomic E-state index is 0.152. The van der Waals surface area contributed by atoms with E-state index in [0.717, 1.165) is 39.0 Å². The summed E-state index contributed by atoms with van der Waals surface area (Å²) in [4.78, 5) is 13.9. The Bertz CT molecular complexity index is 451. The minimum atomic E-state index is 0.152. The predicted octanol–water partition coefficient (Wildman–Crippen LogP) is 2.62. The van der Waals surface area contributed by atoms with Gasteiger partial charge in [0.25, 0.3) is 0 Å². The normalized spacial score (nSPS) is 17.5. The van der Waals surface area contributed by atoms with Gasteiger partial charge < -0.3 is 15.0 Å². The van der Waals surface area contributed by atoms with Crippen molar-refractivity contribution in [2.45, 2.75) is 32.1 Å². The molecule has 1 fully saturated rings. The molecule has 1 saturated heterocycles. The smallest absolute Gasteiger partial charge is 0.220 e. The summed E-state index contributed by atoms with van der Waals surface area (Å²) >= 11 is 0. The molecule has 4 nitrogen and oxygen atoms in total. The van der Waals surface area contributed by atoms with Gasteiger partial charge in [0.15, 0.2) is 0 Å². The van der Waals surface area contributed by atoms with E-state index in [9.17, 15) is 4.79 Å². The van der Waals surface area contributed by atoms with Crippen molar-refractivity contribution in [2.75, 3.05) is 38.8 Å². The fraction of sp³-hybridized carbons (Fsp3) is 0.611. The number of carbonyl (C=O) groups is 1. The molecule has 0 unspecified atom stereocenters. The Hall–Kier alpha value is -1.55. The molecule has 1 aromatic carbocycles. The van der Waals surface area contributed by atoms with Gasteiger partial charge in [-0.25, -0.2) is 0 Å². The van der Waals surface area contributed by atoms with E-state index in [2.05, 4.69) is 34.5 Å². The lowest BCUT2D eigenvalue weighted by molar-refractivity contribution is -0.121. The van der Waals surface area contributed by atoms with Crippen LogP contribution in [-0.2, 0) is 16.0 Å². The molecular weight excluding hydrogens is 276 g/mol. The van der Waals surface area contributed by atoms with E-state index >= 15 is 0 Å². The van der Waals surface area contributed by atoms with Gasteiger partial charge in [0.1, 0.15) is 0 Å². The lowest BCUT2D eigenvalue weighted by Crippen LogP contribution is -2.25. The number of benzene rings is 1. The summed E-state index contributed by atoms with van der Waals surface area (Å²) in [6.45, 7) is 2.59. The molecule has 0 spiro atoms. The van der Waals surface area contributed by atoms with Gasteiger partial charge in [-0.05, 0) is 49.3 Å². The highest BCUT2D eigenvalue weighted by molar-refractivity contribution is 5.76. The van der Waals surface area contributed by atoms with E-state index < -0.39 is 0 Å². The number of nitrogens with one attached hydrogen (secondary N) is 1. The maximum atomic E-state index is 11.8. The number of carbonyl (C=O) groups excluding carboxylic acids is 1. The van der Waals surface area contributed by atoms with Crippen molar-refractivity contribution in [3.8, 4) is 0 Å². The summed E-state index contributed by atoms with van der Waals surface area (Å²) < 4.78 is 5.36. The van der Waals surface area contributed by atoms with Crippen LogP contribution in [0.15, 0.2) is 24.3 Å². The van der Waals surface area contributed by atoms with Crippen molar-refractivity contribution in [1.82, 2.24) is 5.32 Å². The van der Waals surface area contributed by atoms with E-state index in [4.69, 9.17) is 4.74 Å². The molecule has 0 radical (unpaired) electrons. The number of hydrogen-bond donors (Lipinski definition) is 1. The third-order valence-electron chi connectivity index (χ3n) is 4.23. The molecule has 122 valence electrons. The Labute approximate surface area is 133 Å². The molecule has 1 amide bonds. The van der Waals surface area contributed by atoms with E-state index in [1.165, 1.54) is 17.7 Å². The maximum absolute atomic E-state index is 11.8. The molecule has 4 heteroatoms. The Balaban J connectivity index is 1.58. The van der Waals surface area contributed by atoms with Crippen LogP contribution in [0.4, 0.5) is 5.69 Å². The third-order valence-corrected chi connectivity index (χ3v) is 4.23. The van der Waals surface area contributed by atoms with E-state index in [1.807, 2.05) is 14.1 Å². The van der Waals surface area contributed by atoms with Crippen LogP contribution in [0.25, 0.3) is 0 Å². The second-order valence-electron chi connectivity index (χ2n) is 6.28. The standard InChI is InChI=1S/C18H28N2O2/c1-20(2)17-8-5-15(6-9-17)7-10-18(21)19-12-3-4-16-11-13-22-14-16/h5-6,8-9,16H,3-4,7,10-14H2,1-2H3,(H,19,21)/t16-/m1/s1. The molecule has 0 aromatic heterocycles. The number of ether oxygens (including phenoxy) is 1. The van der Waals surface area contributed by atoms with Crippen molar-refractivity contribution in [3.63, 3.8) is 0 Å². The number of amides is 1. The van der Waals surface area contributed by atoms with Crippen LogP contribution < -0.4 is 10.2 Å². The number of aryl methyl sites for hydroxylation is 1. The second-order valence-corrected chi connectivity index (χ2v) is 6.28. The lowest BCUT2D eigenvalue weighted by atomic mass is 10.0. The summed E-state index contributed by atoms with van der Waals surface area (Å²) in [7, 11) is 4.06. The first kappa shape index (κ1) is 16.8. The summed E-state index contributed by atoms with van der Waals surface area (Å²) in [5.41, 5.74) is 2.40. The zero-order valence-corrected chi connectivity index (χ0v) is 13.8. The van der Waals surface area contributed by atoms with E-state index in [0.29, 0.717) is 12.3 Å². The van der Waals surface area contributed by atoms with Crippen LogP contribution in [-0.4, -0.2) is 39.8 Å². The molecule has 1 aliphatic rings. The van der Waals surface area contributed by atoms with Gasteiger partial charge in [-0.1, -0.05) is 12.1 Å². The number of rotatable bonds is 8. The van der Waals surface area contributed by atoms with E-state index in [1.54, 1.807) is 0 Å². The average molecular weight is 304 g/mol. The number of nitrogens with zero attached hydrogens (tertiary/aromatic N) is 1. The molecule has 1 atom stereocenters. The van der Waals surface area contributed by atoms with Crippen LogP contribution in [0.5, 0.6) is 0 Å². The van der Waals surface area contributed by atoms with Gasteiger partial charge in [0, 0.05) is 46.0 Å². The van der Waals surface area contributed by atoms with Crippen LogP contribution in [0.1, 0.15) is 31.2 Å². The number of hydrogen-bond acceptors (Lipinski definition) is 3. The Morgan fingerprint density at radius 3 is 2.73 bits per heavy atom. The number of anilines is 1. The van der Waals surface area contributed by atoms with Gasteiger partial charge in [-0.2, -0.15) is 0 Å². The largest absolute Gasteiger partial charge is 0.381 e. The molecule has 1 aliphatic heterocycles. The van der Waals surface area contributed by atoms with Crippen molar-refractivity contribution in [1.29, 1.82) is 0 Å². The molecule has 22 heavy (non-hydrogen) atoms. The summed E-state index contributed by atoms with van der Waals surface area (Å²) in [6, 6.07) is 8.39. The quantitative estimate of drug-likeness (QED) is 0.751. The highest BCUT2D eigenvalue weighted by Crippen LogP contribution is 2.17. The Morgan fingerprint density at radius 2 is 2.09 bits per heavy atom. The van der Waals surface area contributed by atoms with Gasteiger partial charge in [-0.3, -0.25) is 4.79 Å². The monoisotopic (exact) mass is 304 g/mol.